The van der Waals surface area contributed by atoms with E-state index in [0.29, 0.717) is 23.0 Å². The number of nitrogens with one attached hydrogen (secondary N) is 1. The van der Waals surface area contributed by atoms with Crippen molar-refractivity contribution in [3.63, 3.8) is 0 Å². The molecule has 6 heteroatoms. The van der Waals surface area contributed by atoms with Crippen LogP contribution in [-0.4, -0.2) is 14.3 Å². The number of para-hydroxylation sites is 2. The van der Waals surface area contributed by atoms with Crippen LogP contribution in [0.2, 0.25) is 0 Å². The fourth-order valence-electron chi connectivity index (χ4n) is 2.84. The fourth-order valence-corrected chi connectivity index (χ4v) is 2.84. The van der Waals surface area contributed by atoms with E-state index in [2.05, 4.69) is 4.98 Å². The highest BCUT2D eigenvalue weighted by Gasteiger charge is 2.13. The molecule has 0 aliphatic heterocycles. The number of oxazole rings is 1. The molecule has 2 heterocycles. The number of aromatic nitrogens is 3. The van der Waals surface area contributed by atoms with Gasteiger partial charge in [-0.2, -0.15) is 0 Å². The summed E-state index contributed by atoms with van der Waals surface area (Å²) in [5.74, 6) is -0.494. The maximum Gasteiger partial charge on any atom is 0.417 e. The summed E-state index contributed by atoms with van der Waals surface area (Å²) in [6, 6.07) is 12.9. The first-order valence-corrected chi connectivity index (χ1v) is 6.90. The third-order valence-electron chi connectivity index (χ3n) is 3.94. The molecule has 0 aliphatic rings. The van der Waals surface area contributed by atoms with Gasteiger partial charge in [0.2, 0.25) is 0 Å². The molecule has 2 aromatic carbocycles. The second-order valence-electron chi connectivity index (χ2n) is 5.21. The molecule has 0 spiro atoms. The molecule has 0 saturated carbocycles. The average molecular weight is 295 g/mol. The molecule has 1 N–H and O–H groups in total. The highest BCUT2D eigenvalue weighted by Crippen LogP contribution is 2.17. The summed E-state index contributed by atoms with van der Waals surface area (Å²) in [6.07, 6.45) is 0. The van der Waals surface area contributed by atoms with Crippen LogP contribution in [-0.2, 0) is 13.6 Å². The van der Waals surface area contributed by atoms with Crippen LogP contribution in [0.1, 0.15) is 5.56 Å². The number of benzene rings is 2. The summed E-state index contributed by atoms with van der Waals surface area (Å²) in [5.41, 5.74) is 2.77. The number of hydrogen-bond acceptors (Lipinski definition) is 3. The molecule has 0 bridgehead atoms. The predicted octanol–water partition coefficient (Wildman–Crippen LogP) is 1.82. The molecular formula is C16H13N3O3. The van der Waals surface area contributed by atoms with E-state index in [1.165, 1.54) is 0 Å². The molecule has 6 nitrogen and oxygen atoms in total. The lowest BCUT2D eigenvalue weighted by Crippen LogP contribution is -2.22. The topological polar surface area (TPSA) is 72.9 Å². The molecule has 4 rings (SSSR count). The van der Waals surface area contributed by atoms with Gasteiger partial charge in [0.1, 0.15) is 0 Å². The zero-order valence-corrected chi connectivity index (χ0v) is 11.9. The Hall–Kier alpha value is -3.02. The predicted molar refractivity (Wildman–Crippen MR) is 83.1 cm³/mol. The molecule has 110 valence electrons. The largest absolute Gasteiger partial charge is 0.417 e. The van der Waals surface area contributed by atoms with E-state index in [1.54, 1.807) is 10.7 Å². The number of H-pyrrole nitrogens is 1. The zero-order valence-electron chi connectivity index (χ0n) is 11.9. The van der Waals surface area contributed by atoms with Crippen molar-refractivity contribution in [3.05, 3.63) is 68.9 Å². The van der Waals surface area contributed by atoms with Gasteiger partial charge >= 0.3 is 5.76 Å². The number of nitrogens with zero attached hydrogens (tertiary/aromatic N) is 2. The van der Waals surface area contributed by atoms with Crippen LogP contribution in [0.5, 0.6) is 0 Å². The van der Waals surface area contributed by atoms with E-state index in [0.717, 1.165) is 11.1 Å². The maximum absolute atomic E-state index is 12.5. The van der Waals surface area contributed by atoms with E-state index in [9.17, 15) is 9.59 Å². The highest BCUT2D eigenvalue weighted by atomic mass is 16.4. The van der Waals surface area contributed by atoms with Gasteiger partial charge in [0.15, 0.2) is 5.58 Å². The van der Waals surface area contributed by atoms with Gasteiger partial charge in [-0.25, -0.2) is 9.48 Å². The molecule has 0 radical (unpaired) electrons. The standard InChI is InChI=1S/C16H13N3O3/c1-18-12-7-3-2-6-11(12)15(20)19(18)9-10-5-4-8-13-14(10)17-16(21)22-13/h2-8H,9H2,1H3,(H,17,21). The van der Waals surface area contributed by atoms with E-state index < -0.39 is 5.76 Å². The van der Waals surface area contributed by atoms with Crippen LogP contribution in [0.15, 0.2) is 56.5 Å². The zero-order chi connectivity index (χ0) is 15.3. The smallest absolute Gasteiger partial charge is 0.408 e. The van der Waals surface area contributed by atoms with Crippen molar-refractivity contribution in [1.29, 1.82) is 0 Å². The summed E-state index contributed by atoms with van der Waals surface area (Å²) >= 11 is 0. The van der Waals surface area contributed by atoms with E-state index in [1.807, 2.05) is 48.1 Å². The second kappa shape index (κ2) is 4.49. The summed E-state index contributed by atoms with van der Waals surface area (Å²) in [4.78, 5) is 26.6. The minimum atomic E-state index is -0.494. The number of fused-ring (bicyclic) bond motifs is 2. The van der Waals surface area contributed by atoms with Gasteiger partial charge in [0, 0.05) is 12.6 Å². The Bertz CT molecular complexity index is 1110. The first-order valence-electron chi connectivity index (χ1n) is 6.90. The number of hydrogen-bond donors (Lipinski definition) is 1. The summed E-state index contributed by atoms with van der Waals surface area (Å²) in [6.45, 7) is 0.358. The van der Waals surface area contributed by atoms with Crippen molar-refractivity contribution >= 4 is 22.0 Å². The summed E-state index contributed by atoms with van der Waals surface area (Å²) in [7, 11) is 1.85. The van der Waals surface area contributed by atoms with Crippen LogP contribution in [0.3, 0.4) is 0 Å². The monoisotopic (exact) mass is 295 g/mol. The summed E-state index contributed by atoms with van der Waals surface area (Å²) < 4.78 is 8.53. The molecule has 2 aromatic heterocycles. The lowest BCUT2D eigenvalue weighted by atomic mass is 10.2. The maximum atomic E-state index is 12.5. The van der Waals surface area contributed by atoms with Crippen molar-refractivity contribution in [2.24, 2.45) is 7.05 Å². The molecule has 0 aliphatic carbocycles. The summed E-state index contributed by atoms with van der Waals surface area (Å²) in [5, 5.41) is 0.679. The highest BCUT2D eigenvalue weighted by molar-refractivity contribution is 5.79. The number of rotatable bonds is 2. The van der Waals surface area contributed by atoms with Gasteiger partial charge in [-0.1, -0.05) is 24.3 Å². The molecule has 4 aromatic rings. The minimum absolute atomic E-state index is 0.0547. The van der Waals surface area contributed by atoms with Crippen LogP contribution in [0.4, 0.5) is 0 Å². The third kappa shape index (κ3) is 1.74. The Kier molecular flexibility index (Phi) is 2.59. The van der Waals surface area contributed by atoms with E-state index >= 15 is 0 Å². The van der Waals surface area contributed by atoms with Gasteiger partial charge < -0.3 is 4.42 Å². The van der Waals surface area contributed by atoms with Crippen LogP contribution >= 0.6 is 0 Å². The number of aromatic amines is 1. The number of aryl methyl sites for hydroxylation is 1. The van der Waals surface area contributed by atoms with Crippen LogP contribution < -0.4 is 11.3 Å². The van der Waals surface area contributed by atoms with Gasteiger partial charge in [-0.15, -0.1) is 0 Å². The SMILES string of the molecule is Cn1c2ccccc2c(=O)n1Cc1cccc2oc(=O)[nH]c12. The molecule has 0 amide bonds. The Morgan fingerprint density at radius 2 is 1.91 bits per heavy atom. The molecule has 0 fully saturated rings. The van der Waals surface area contributed by atoms with Crippen molar-refractivity contribution in [2.45, 2.75) is 6.54 Å². The second-order valence-corrected chi connectivity index (χ2v) is 5.21. The van der Waals surface area contributed by atoms with Gasteiger partial charge in [-0.3, -0.25) is 14.5 Å². The third-order valence-corrected chi connectivity index (χ3v) is 3.94. The van der Waals surface area contributed by atoms with Gasteiger partial charge in [-0.05, 0) is 18.2 Å². The van der Waals surface area contributed by atoms with Crippen molar-refractivity contribution in [3.8, 4) is 0 Å². The molecule has 0 atom stereocenters. The first kappa shape index (κ1) is 12.7. The lowest BCUT2D eigenvalue weighted by Gasteiger charge is -2.08. The molecule has 0 unspecified atom stereocenters. The van der Waals surface area contributed by atoms with Crippen LogP contribution in [0.25, 0.3) is 22.0 Å². The Balaban J connectivity index is 1.93. The first-order chi connectivity index (χ1) is 10.6. The molecular weight excluding hydrogens is 282 g/mol. The van der Waals surface area contributed by atoms with Crippen LogP contribution in [0, 0.1) is 0 Å². The fraction of sp³-hybridized carbons (Fsp3) is 0.125. The Labute approximate surface area is 124 Å². The lowest BCUT2D eigenvalue weighted by molar-refractivity contribution is 0.550. The van der Waals surface area contributed by atoms with Crippen molar-refractivity contribution in [2.75, 3.05) is 0 Å². The van der Waals surface area contributed by atoms with E-state index in [-0.39, 0.29) is 5.56 Å². The minimum Gasteiger partial charge on any atom is -0.408 e. The van der Waals surface area contributed by atoms with Gasteiger partial charge in [0.05, 0.1) is 23.0 Å². The normalized spacial score (nSPS) is 11.5. The molecule has 0 saturated heterocycles. The average Bonchev–Trinajstić information content (AvgIpc) is 3.01. The Morgan fingerprint density at radius 1 is 1.09 bits per heavy atom. The van der Waals surface area contributed by atoms with E-state index in [4.69, 9.17) is 4.42 Å². The van der Waals surface area contributed by atoms with Crippen molar-refractivity contribution in [1.82, 2.24) is 14.3 Å². The molecule has 22 heavy (non-hydrogen) atoms. The Morgan fingerprint density at radius 3 is 2.73 bits per heavy atom. The van der Waals surface area contributed by atoms with Gasteiger partial charge in [0.25, 0.3) is 5.56 Å². The quantitative estimate of drug-likeness (QED) is 0.613. The van der Waals surface area contributed by atoms with Crippen molar-refractivity contribution < 1.29 is 4.42 Å².